The van der Waals surface area contributed by atoms with Gasteiger partial charge in [0.2, 0.25) is 0 Å². The normalized spacial score (nSPS) is 16.8. The van der Waals surface area contributed by atoms with Crippen molar-refractivity contribution in [3.05, 3.63) is 168 Å². The molecular weight excluding hydrogens is 540 g/mol. The third-order valence-corrected chi connectivity index (χ3v) is 10.6. The average molecular weight is 575 g/mol. The van der Waals surface area contributed by atoms with E-state index in [2.05, 4.69) is 166 Å². The number of allylic oxidation sites excluding steroid dienone is 4. The van der Waals surface area contributed by atoms with E-state index >= 15 is 0 Å². The molecule has 0 spiro atoms. The van der Waals surface area contributed by atoms with Crippen LogP contribution in [0.4, 0.5) is 0 Å². The molecule has 7 aromatic carbocycles. The van der Waals surface area contributed by atoms with Gasteiger partial charge in [0, 0.05) is 0 Å². The van der Waals surface area contributed by atoms with Gasteiger partial charge < -0.3 is 0 Å². The molecule has 2 aliphatic rings. The Balaban J connectivity index is 1.30. The van der Waals surface area contributed by atoms with Crippen LogP contribution in [0, 0.1) is 5.92 Å². The van der Waals surface area contributed by atoms with Crippen molar-refractivity contribution in [2.24, 2.45) is 5.92 Å². The molecule has 45 heavy (non-hydrogen) atoms. The standard InChI is InChI=1S/C45H34/c1-45(2)41-19-11-10-16-35(41)36-24-22-33(28-42(36)45)32-23-25-39-40(27-32)43(30-13-4-3-5-14-30)37-17-8-9-18-38(37)44(39)34-21-20-29-12-6-7-15-31(29)26-34/h3-27,42H,28H2,1-2H3. The van der Waals surface area contributed by atoms with Crippen LogP contribution in [0.2, 0.25) is 0 Å². The maximum Gasteiger partial charge on any atom is -0.00232 e. The number of fused-ring (bicyclic) bond motifs is 6. The maximum absolute atomic E-state index is 2.48. The Morgan fingerprint density at radius 3 is 1.96 bits per heavy atom. The van der Waals surface area contributed by atoms with Crippen LogP contribution in [-0.2, 0) is 5.41 Å². The lowest BCUT2D eigenvalue weighted by atomic mass is 9.72. The van der Waals surface area contributed by atoms with Crippen LogP contribution >= 0.6 is 0 Å². The minimum atomic E-state index is 0.105. The molecule has 0 radical (unpaired) electrons. The fourth-order valence-corrected chi connectivity index (χ4v) is 8.27. The molecule has 0 bridgehead atoms. The molecule has 0 heteroatoms. The Bertz CT molecular complexity index is 2360. The van der Waals surface area contributed by atoms with Gasteiger partial charge in [0.1, 0.15) is 0 Å². The van der Waals surface area contributed by atoms with E-state index < -0.39 is 0 Å². The van der Waals surface area contributed by atoms with Crippen LogP contribution in [0.1, 0.15) is 37.0 Å². The third kappa shape index (κ3) is 3.99. The van der Waals surface area contributed by atoms with Crippen LogP contribution in [0.25, 0.3) is 65.7 Å². The van der Waals surface area contributed by atoms with Gasteiger partial charge in [0.05, 0.1) is 0 Å². The Labute approximate surface area is 265 Å². The summed E-state index contributed by atoms with van der Waals surface area (Å²) in [5, 5.41) is 7.74. The highest BCUT2D eigenvalue weighted by molar-refractivity contribution is 6.22. The Hall–Kier alpha value is -5.20. The van der Waals surface area contributed by atoms with Gasteiger partial charge in [-0.15, -0.1) is 0 Å². The molecule has 1 unspecified atom stereocenters. The lowest BCUT2D eigenvalue weighted by molar-refractivity contribution is 0.418. The summed E-state index contributed by atoms with van der Waals surface area (Å²) in [4.78, 5) is 0. The zero-order chi connectivity index (χ0) is 30.1. The van der Waals surface area contributed by atoms with E-state index in [1.807, 2.05) is 0 Å². The molecule has 0 aliphatic heterocycles. The average Bonchev–Trinajstić information content (AvgIpc) is 3.32. The van der Waals surface area contributed by atoms with Crippen LogP contribution in [-0.4, -0.2) is 0 Å². The molecular formula is C45H34. The first kappa shape index (κ1) is 26.2. The van der Waals surface area contributed by atoms with Crippen LogP contribution in [0.15, 0.2) is 152 Å². The van der Waals surface area contributed by atoms with Gasteiger partial charge in [0.15, 0.2) is 0 Å². The number of hydrogen-bond acceptors (Lipinski definition) is 0. The van der Waals surface area contributed by atoms with Crippen molar-refractivity contribution in [2.75, 3.05) is 0 Å². The monoisotopic (exact) mass is 574 g/mol. The van der Waals surface area contributed by atoms with Gasteiger partial charge in [-0.25, -0.2) is 0 Å². The molecule has 0 saturated carbocycles. The molecule has 1 atom stereocenters. The van der Waals surface area contributed by atoms with E-state index in [0.717, 1.165) is 6.42 Å². The minimum absolute atomic E-state index is 0.105. The van der Waals surface area contributed by atoms with Crippen molar-refractivity contribution in [3.63, 3.8) is 0 Å². The fourth-order valence-electron chi connectivity index (χ4n) is 8.27. The van der Waals surface area contributed by atoms with Crippen molar-refractivity contribution in [2.45, 2.75) is 25.7 Å². The summed E-state index contributed by atoms with van der Waals surface area (Å²) in [6.07, 6.45) is 5.84. The Morgan fingerprint density at radius 2 is 1.13 bits per heavy atom. The number of hydrogen-bond donors (Lipinski definition) is 0. The van der Waals surface area contributed by atoms with Crippen molar-refractivity contribution in [1.29, 1.82) is 0 Å². The third-order valence-electron chi connectivity index (χ3n) is 10.6. The van der Waals surface area contributed by atoms with Gasteiger partial charge >= 0.3 is 0 Å². The second-order valence-corrected chi connectivity index (χ2v) is 13.3. The molecule has 7 aromatic rings. The van der Waals surface area contributed by atoms with Gasteiger partial charge in [-0.2, -0.15) is 0 Å². The van der Waals surface area contributed by atoms with Crippen molar-refractivity contribution in [1.82, 2.24) is 0 Å². The topological polar surface area (TPSA) is 0 Å². The predicted octanol–water partition coefficient (Wildman–Crippen LogP) is 12.3. The smallest absolute Gasteiger partial charge is 0.00232 e. The van der Waals surface area contributed by atoms with E-state index in [4.69, 9.17) is 0 Å². The molecule has 0 saturated heterocycles. The molecule has 0 amide bonds. The molecule has 214 valence electrons. The summed E-state index contributed by atoms with van der Waals surface area (Å²) in [5.74, 6) is 0.476. The van der Waals surface area contributed by atoms with Gasteiger partial charge in [-0.1, -0.05) is 153 Å². The quantitative estimate of drug-likeness (QED) is 0.184. The second kappa shape index (κ2) is 9.91. The summed E-state index contributed by atoms with van der Waals surface area (Å²) >= 11 is 0. The van der Waals surface area contributed by atoms with Gasteiger partial charge in [-0.05, 0) is 112 Å². The number of rotatable bonds is 3. The highest BCUT2D eigenvalue weighted by Crippen LogP contribution is 2.55. The zero-order valence-corrected chi connectivity index (χ0v) is 25.7. The van der Waals surface area contributed by atoms with Crippen LogP contribution in [0.5, 0.6) is 0 Å². The zero-order valence-electron chi connectivity index (χ0n) is 25.7. The minimum Gasteiger partial charge on any atom is -0.0622 e. The summed E-state index contributed by atoms with van der Waals surface area (Å²) < 4.78 is 0. The summed E-state index contributed by atoms with van der Waals surface area (Å²) in [5.41, 5.74) is 12.4. The first-order chi connectivity index (χ1) is 22.1. The van der Waals surface area contributed by atoms with E-state index in [1.165, 1.54) is 82.4 Å². The lowest BCUT2D eigenvalue weighted by Gasteiger charge is -2.31. The SMILES string of the molecule is CC1(C)c2ccccc2C2=CC=C(c3ccc4c(-c5ccc6ccccc6c5)c5ccccc5c(-c5ccccc5)c4c3)CC21. The Kier molecular flexibility index (Phi) is 5.77. The van der Waals surface area contributed by atoms with E-state index in [1.54, 1.807) is 0 Å². The van der Waals surface area contributed by atoms with Crippen molar-refractivity contribution in [3.8, 4) is 22.3 Å². The highest BCUT2D eigenvalue weighted by Gasteiger charge is 2.43. The molecule has 9 rings (SSSR count). The van der Waals surface area contributed by atoms with E-state index in [0.29, 0.717) is 5.92 Å². The van der Waals surface area contributed by atoms with E-state index in [9.17, 15) is 0 Å². The lowest BCUT2D eigenvalue weighted by Crippen LogP contribution is -2.24. The highest BCUT2D eigenvalue weighted by atomic mass is 14.5. The summed E-state index contributed by atoms with van der Waals surface area (Å²) in [6, 6.07) is 51.8. The van der Waals surface area contributed by atoms with Crippen LogP contribution < -0.4 is 0 Å². The van der Waals surface area contributed by atoms with Crippen LogP contribution in [0.3, 0.4) is 0 Å². The predicted molar refractivity (Wildman–Crippen MR) is 193 cm³/mol. The Morgan fingerprint density at radius 1 is 0.489 bits per heavy atom. The molecule has 0 aromatic heterocycles. The molecule has 0 N–H and O–H groups in total. The second-order valence-electron chi connectivity index (χ2n) is 13.3. The van der Waals surface area contributed by atoms with Crippen molar-refractivity contribution >= 4 is 43.5 Å². The fraction of sp³-hybridized carbons (Fsp3) is 0.111. The molecule has 2 aliphatic carbocycles. The molecule has 0 nitrogen and oxygen atoms in total. The van der Waals surface area contributed by atoms with Crippen molar-refractivity contribution < 1.29 is 0 Å². The summed E-state index contributed by atoms with van der Waals surface area (Å²) in [7, 11) is 0. The maximum atomic E-state index is 2.48. The first-order valence-electron chi connectivity index (χ1n) is 16.1. The van der Waals surface area contributed by atoms with Gasteiger partial charge in [0.25, 0.3) is 0 Å². The summed E-state index contributed by atoms with van der Waals surface area (Å²) in [6.45, 7) is 4.85. The largest absolute Gasteiger partial charge is 0.0622 e. The first-order valence-corrected chi connectivity index (χ1v) is 16.1. The number of benzene rings is 7. The molecule has 0 heterocycles. The van der Waals surface area contributed by atoms with E-state index in [-0.39, 0.29) is 5.41 Å². The molecule has 0 fully saturated rings. The van der Waals surface area contributed by atoms with Gasteiger partial charge in [-0.3, -0.25) is 0 Å².